The Kier molecular flexibility index (Phi) is 4.31. The molecule has 0 fully saturated rings. The van der Waals surface area contributed by atoms with Crippen LogP contribution in [0, 0.1) is 23.0 Å². The van der Waals surface area contributed by atoms with Gasteiger partial charge in [-0.2, -0.15) is 5.26 Å². The van der Waals surface area contributed by atoms with E-state index in [4.69, 9.17) is 5.26 Å². The Hall–Kier alpha value is -3.47. The molecule has 0 bridgehead atoms. The molecule has 0 aliphatic carbocycles. The van der Waals surface area contributed by atoms with Crippen molar-refractivity contribution < 1.29 is 23.5 Å². The van der Waals surface area contributed by atoms with Crippen molar-refractivity contribution in [2.24, 2.45) is 0 Å². The minimum Gasteiger partial charge on any atom is -0.478 e. The number of aromatic nitrogens is 1. The SMILES string of the molecule is CC1(C)CN(C(=O)c2ccc(F)c(F)c2)C=C(C(=O)O)c2[nH]c(C#N)cc21. The Labute approximate surface area is 153 Å². The molecule has 0 unspecified atom stereocenters. The topological polar surface area (TPSA) is 97.2 Å². The summed E-state index contributed by atoms with van der Waals surface area (Å²) in [6, 6.07) is 6.25. The second kappa shape index (κ2) is 6.36. The molecular weight excluding hydrogens is 356 g/mol. The molecule has 0 radical (unpaired) electrons. The summed E-state index contributed by atoms with van der Waals surface area (Å²) in [6.45, 7) is 3.67. The summed E-state index contributed by atoms with van der Waals surface area (Å²) in [5, 5.41) is 18.7. The second-order valence-electron chi connectivity index (χ2n) is 6.88. The van der Waals surface area contributed by atoms with E-state index in [0.29, 0.717) is 5.56 Å². The lowest BCUT2D eigenvalue weighted by Crippen LogP contribution is -2.36. The van der Waals surface area contributed by atoms with Crippen molar-refractivity contribution >= 4 is 17.4 Å². The number of carbonyl (C=O) groups excluding carboxylic acids is 1. The highest BCUT2D eigenvalue weighted by atomic mass is 19.2. The summed E-state index contributed by atoms with van der Waals surface area (Å²) in [5.41, 5.74) is 0.0172. The van der Waals surface area contributed by atoms with E-state index in [1.165, 1.54) is 0 Å². The average Bonchev–Trinajstić information content (AvgIpc) is 3.00. The maximum Gasteiger partial charge on any atom is 0.339 e. The molecule has 138 valence electrons. The van der Waals surface area contributed by atoms with Crippen LogP contribution in [-0.4, -0.2) is 33.4 Å². The molecule has 2 aromatic rings. The van der Waals surface area contributed by atoms with Gasteiger partial charge in [-0.15, -0.1) is 0 Å². The first kappa shape index (κ1) is 18.3. The smallest absolute Gasteiger partial charge is 0.339 e. The maximum atomic E-state index is 13.5. The van der Waals surface area contributed by atoms with Gasteiger partial charge >= 0.3 is 5.97 Å². The number of carbonyl (C=O) groups is 2. The monoisotopic (exact) mass is 371 g/mol. The fourth-order valence-electron chi connectivity index (χ4n) is 3.13. The molecule has 6 nitrogen and oxygen atoms in total. The highest BCUT2D eigenvalue weighted by molar-refractivity contribution is 6.16. The quantitative estimate of drug-likeness (QED) is 0.848. The summed E-state index contributed by atoms with van der Waals surface area (Å²) in [5.74, 6) is -4.19. The molecule has 1 aliphatic heterocycles. The van der Waals surface area contributed by atoms with Crippen LogP contribution in [0.4, 0.5) is 8.78 Å². The summed E-state index contributed by atoms with van der Waals surface area (Å²) < 4.78 is 26.7. The minimum absolute atomic E-state index is 0.0807. The number of carboxylic acid groups (broad SMARTS) is 1. The van der Waals surface area contributed by atoms with E-state index in [0.717, 1.165) is 29.3 Å². The third-order valence-electron chi connectivity index (χ3n) is 4.44. The Morgan fingerprint density at radius 2 is 1.96 bits per heavy atom. The maximum absolute atomic E-state index is 13.5. The van der Waals surface area contributed by atoms with Gasteiger partial charge in [0.05, 0.1) is 11.3 Å². The van der Waals surface area contributed by atoms with Gasteiger partial charge in [-0.05, 0) is 29.8 Å². The number of amides is 1. The molecule has 0 saturated carbocycles. The Balaban J connectivity index is 2.12. The number of halogens is 2. The third kappa shape index (κ3) is 3.19. The lowest BCUT2D eigenvalue weighted by atomic mass is 9.83. The zero-order chi connectivity index (χ0) is 19.9. The van der Waals surface area contributed by atoms with Gasteiger partial charge in [0, 0.05) is 23.7 Å². The van der Waals surface area contributed by atoms with Crippen LogP contribution in [0.15, 0.2) is 30.5 Å². The number of nitrogens with zero attached hydrogens (tertiary/aromatic N) is 2. The number of nitriles is 1. The van der Waals surface area contributed by atoms with Gasteiger partial charge in [-0.25, -0.2) is 13.6 Å². The Morgan fingerprint density at radius 1 is 1.26 bits per heavy atom. The number of rotatable bonds is 2. The number of fused-ring (bicyclic) bond motifs is 1. The number of nitrogens with one attached hydrogen (secondary N) is 1. The second-order valence-corrected chi connectivity index (χ2v) is 6.88. The van der Waals surface area contributed by atoms with E-state index >= 15 is 0 Å². The van der Waals surface area contributed by atoms with Crippen LogP contribution in [0.3, 0.4) is 0 Å². The molecule has 2 N–H and O–H groups in total. The van der Waals surface area contributed by atoms with Gasteiger partial charge in [0.2, 0.25) is 0 Å². The molecule has 1 aromatic carbocycles. The zero-order valence-corrected chi connectivity index (χ0v) is 14.5. The molecule has 27 heavy (non-hydrogen) atoms. The number of hydrogen-bond acceptors (Lipinski definition) is 3. The van der Waals surface area contributed by atoms with E-state index in [1.807, 2.05) is 6.07 Å². The van der Waals surface area contributed by atoms with Crippen LogP contribution in [0.1, 0.15) is 41.2 Å². The lowest BCUT2D eigenvalue weighted by Gasteiger charge is -2.29. The van der Waals surface area contributed by atoms with E-state index in [9.17, 15) is 23.5 Å². The van der Waals surface area contributed by atoms with Crippen LogP contribution < -0.4 is 0 Å². The van der Waals surface area contributed by atoms with Crippen molar-refractivity contribution in [2.45, 2.75) is 19.3 Å². The number of carboxylic acids is 1. The van der Waals surface area contributed by atoms with Gasteiger partial charge in [-0.3, -0.25) is 4.79 Å². The standard InChI is InChI=1S/C19H15F2N3O3/c1-19(2)9-24(17(25)10-3-4-14(20)15(21)5-10)8-12(18(26)27)16-13(19)6-11(7-22)23-16/h3-6,8,23H,9H2,1-2H3,(H,26,27). The molecular formula is C19H15F2N3O3. The molecule has 3 rings (SSSR count). The molecule has 1 aromatic heterocycles. The van der Waals surface area contributed by atoms with Crippen molar-refractivity contribution in [3.8, 4) is 6.07 Å². The molecule has 0 saturated heterocycles. The van der Waals surface area contributed by atoms with Gasteiger partial charge < -0.3 is 15.0 Å². The van der Waals surface area contributed by atoms with Gasteiger partial charge in [0.1, 0.15) is 11.8 Å². The van der Waals surface area contributed by atoms with Crippen molar-refractivity contribution in [1.29, 1.82) is 5.26 Å². The lowest BCUT2D eigenvalue weighted by molar-refractivity contribution is -0.130. The molecule has 0 atom stereocenters. The summed E-state index contributed by atoms with van der Waals surface area (Å²) >= 11 is 0. The largest absolute Gasteiger partial charge is 0.478 e. The first-order chi connectivity index (χ1) is 12.6. The molecule has 2 heterocycles. The number of aromatic amines is 1. The van der Waals surface area contributed by atoms with E-state index < -0.39 is 28.9 Å². The normalized spacial score (nSPS) is 15.4. The number of aliphatic carboxylic acids is 1. The first-order valence-corrected chi connectivity index (χ1v) is 7.99. The highest BCUT2D eigenvalue weighted by Crippen LogP contribution is 2.36. The minimum atomic E-state index is -1.29. The number of H-pyrrole nitrogens is 1. The number of benzene rings is 1. The van der Waals surface area contributed by atoms with E-state index in [1.54, 1.807) is 19.9 Å². The van der Waals surface area contributed by atoms with Gasteiger partial charge in [-0.1, -0.05) is 13.8 Å². The fraction of sp³-hybridized carbons (Fsp3) is 0.211. The molecule has 1 aliphatic rings. The van der Waals surface area contributed by atoms with Crippen molar-refractivity contribution in [3.63, 3.8) is 0 Å². The molecule has 8 heteroatoms. The average molecular weight is 371 g/mol. The fourth-order valence-corrected chi connectivity index (χ4v) is 3.13. The first-order valence-electron chi connectivity index (χ1n) is 7.99. The van der Waals surface area contributed by atoms with Gasteiger partial charge in [0.15, 0.2) is 11.6 Å². The Morgan fingerprint density at radius 3 is 2.56 bits per heavy atom. The predicted octanol–water partition coefficient (Wildman–Crippen LogP) is 3.02. The van der Waals surface area contributed by atoms with Crippen LogP contribution >= 0.6 is 0 Å². The summed E-state index contributed by atoms with van der Waals surface area (Å²) in [4.78, 5) is 28.5. The van der Waals surface area contributed by atoms with Crippen LogP contribution in [-0.2, 0) is 10.2 Å². The summed E-state index contributed by atoms with van der Waals surface area (Å²) in [7, 11) is 0. The van der Waals surface area contributed by atoms with Crippen molar-refractivity contribution in [1.82, 2.24) is 9.88 Å². The van der Waals surface area contributed by atoms with Crippen LogP contribution in [0.25, 0.3) is 5.57 Å². The predicted molar refractivity (Wildman–Crippen MR) is 91.5 cm³/mol. The molecule has 0 spiro atoms. The Bertz CT molecular complexity index is 1030. The van der Waals surface area contributed by atoms with E-state index in [2.05, 4.69) is 4.98 Å². The third-order valence-corrected chi connectivity index (χ3v) is 4.44. The van der Waals surface area contributed by atoms with Crippen LogP contribution in [0.5, 0.6) is 0 Å². The van der Waals surface area contributed by atoms with Crippen LogP contribution in [0.2, 0.25) is 0 Å². The van der Waals surface area contributed by atoms with Crippen molar-refractivity contribution in [3.05, 3.63) is 64.6 Å². The zero-order valence-electron chi connectivity index (χ0n) is 14.5. The molecule has 1 amide bonds. The van der Waals surface area contributed by atoms with Gasteiger partial charge in [0.25, 0.3) is 5.91 Å². The highest BCUT2D eigenvalue weighted by Gasteiger charge is 2.36. The summed E-state index contributed by atoms with van der Waals surface area (Å²) in [6.07, 6.45) is 1.15. The van der Waals surface area contributed by atoms with E-state index in [-0.39, 0.29) is 29.1 Å². The van der Waals surface area contributed by atoms with Crippen molar-refractivity contribution in [2.75, 3.05) is 6.54 Å². The number of hydrogen-bond donors (Lipinski definition) is 2.